The van der Waals surface area contributed by atoms with Crippen LogP contribution in [0.4, 0.5) is 0 Å². The van der Waals surface area contributed by atoms with Crippen LogP contribution in [0.5, 0.6) is 0 Å². The molecule has 2 atom stereocenters. The van der Waals surface area contributed by atoms with Crippen LogP contribution in [0.15, 0.2) is 0 Å². The predicted octanol–water partition coefficient (Wildman–Crippen LogP) is 2.12. The van der Waals surface area contributed by atoms with Gasteiger partial charge in [0.2, 0.25) is 0 Å². The molecule has 0 N–H and O–H groups in total. The Hall–Kier alpha value is -0.520. The lowest BCUT2D eigenvalue weighted by Gasteiger charge is -2.08. The smallest absolute Gasteiger partial charge is 0.307 e. The summed E-state index contributed by atoms with van der Waals surface area (Å²) in [6, 6.07) is 0. The molecule has 0 aromatic carbocycles. The average molecular weight is 315 g/mol. The lowest BCUT2D eigenvalue weighted by atomic mass is 10.3. The maximum Gasteiger partial charge on any atom is 0.307 e. The fourth-order valence-corrected chi connectivity index (χ4v) is 1.36. The Balaban J connectivity index is 3.32. The summed E-state index contributed by atoms with van der Waals surface area (Å²) in [5, 5.41) is -0.477. The second-order valence-corrected chi connectivity index (χ2v) is 5.51. The van der Waals surface area contributed by atoms with E-state index in [0.29, 0.717) is 0 Å². The van der Waals surface area contributed by atoms with Crippen molar-refractivity contribution in [3.8, 4) is 0 Å². The molecule has 19 heavy (non-hydrogen) atoms. The highest BCUT2D eigenvalue weighted by molar-refractivity contribution is 6.21. The molecule has 5 nitrogen and oxygen atoms in total. The molecule has 0 saturated carbocycles. The van der Waals surface area contributed by atoms with E-state index >= 15 is 0 Å². The van der Waals surface area contributed by atoms with Crippen LogP contribution in [-0.2, 0) is 23.8 Å². The number of hydrogen-bond donors (Lipinski definition) is 0. The summed E-state index contributed by atoms with van der Waals surface area (Å²) < 4.78 is 14.8. The van der Waals surface area contributed by atoms with Crippen molar-refractivity contribution in [3.05, 3.63) is 0 Å². The van der Waals surface area contributed by atoms with Crippen molar-refractivity contribution in [1.29, 1.82) is 0 Å². The van der Waals surface area contributed by atoms with Crippen molar-refractivity contribution in [3.63, 3.8) is 0 Å². The Morgan fingerprint density at radius 2 is 1.21 bits per heavy atom. The van der Waals surface area contributed by atoms with E-state index in [1.54, 1.807) is 13.8 Å². The summed E-state index contributed by atoms with van der Waals surface area (Å²) in [6.45, 7) is 4.27. The van der Waals surface area contributed by atoms with Crippen LogP contribution >= 0.6 is 23.2 Å². The maximum absolute atomic E-state index is 11.1. The molecule has 0 radical (unpaired) electrons. The molecule has 7 heteroatoms. The maximum atomic E-state index is 11.1. The summed E-state index contributed by atoms with van der Waals surface area (Å²) in [6.07, 6.45) is 0.353. The summed E-state index contributed by atoms with van der Waals surface area (Å²) in [7, 11) is 0. The third-order valence-corrected chi connectivity index (χ3v) is 2.19. The zero-order chi connectivity index (χ0) is 14.7. The number of esters is 2. The van der Waals surface area contributed by atoms with Crippen molar-refractivity contribution >= 4 is 35.1 Å². The van der Waals surface area contributed by atoms with Crippen LogP contribution in [0.3, 0.4) is 0 Å². The van der Waals surface area contributed by atoms with Gasteiger partial charge in [0.1, 0.15) is 13.2 Å². The van der Waals surface area contributed by atoms with Gasteiger partial charge < -0.3 is 14.2 Å². The zero-order valence-corrected chi connectivity index (χ0v) is 12.7. The summed E-state index contributed by atoms with van der Waals surface area (Å²) in [5.41, 5.74) is 0. The van der Waals surface area contributed by atoms with Gasteiger partial charge in [-0.1, -0.05) is 0 Å². The first kappa shape index (κ1) is 18.5. The predicted molar refractivity (Wildman–Crippen MR) is 72.6 cm³/mol. The van der Waals surface area contributed by atoms with Gasteiger partial charge in [0, 0.05) is 10.8 Å². The van der Waals surface area contributed by atoms with Crippen LogP contribution in [0, 0.1) is 0 Å². The van der Waals surface area contributed by atoms with Gasteiger partial charge in [0.25, 0.3) is 0 Å². The molecule has 0 rings (SSSR count). The second kappa shape index (κ2) is 11.3. The molecule has 0 aliphatic heterocycles. The van der Waals surface area contributed by atoms with E-state index in [4.69, 9.17) is 37.4 Å². The minimum absolute atomic E-state index is 0.162. The van der Waals surface area contributed by atoms with E-state index in [-0.39, 0.29) is 62.0 Å². The first-order chi connectivity index (χ1) is 8.91. The van der Waals surface area contributed by atoms with Gasteiger partial charge in [-0.3, -0.25) is 9.59 Å². The highest BCUT2D eigenvalue weighted by Crippen LogP contribution is 2.02. The van der Waals surface area contributed by atoms with Gasteiger partial charge in [-0.15, -0.1) is 23.2 Å². The number of rotatable bonds is 10. The van der Waals surface area contributed by atoms with Gasteiger partial charge >= 0.3 is 11.9 Å². The third-order valence-electron chi connectivity index (χ3n) is 1.88. The lowest BCUT2D eigenvalue weighted by Crippen LogP contribution is -2.16. The summed E-state index contributed by atoms with van der Waals surface area (Å²) in [4.78, 5) is 22.2. The van der Waals surface area contributed by atoms with Gasteiger partial charge in [-0.2, -0.15) is 0 Å². The molecular formula is C12H20Cl2O5. The van der Waals surface area contributed by atoms with E-state index in [0.717, 1.165) is 0 Å². The quantitative estimate of drug-likeness (QED) is 0.351. The Bertz CT molecular complexity index is 243. The fourth-order valence-electron chi connectivity index (χ4n) is 1.11. The number of alkyl halides is 2. The molecule has 0 saturated heterocycles. The molecule has 0 fully saturated rings. The van der Waals surface area contributed by atoms with Crippen LogP contribution in [-0.4, -0.2) is 49.1 Å². The molecule has 112 valence electrons. The normalized spacial score (nSPS) is 13.7. The minimum atomic E-state index is -0.353. The van der Waals surface area contributed by atoms with Crippen LogP contribution in [0.25, 0.3) is 0 Å². The number of ether oxygens (including phenoxy) is 3. The number of hydrogen-bond acceptors (Lipinski definition) is 5. The van der Waals surface area contributed by atoms with Gasteiger partial charge in [-0.25, -0.2) is 0 Å². The Kier molecular flexibility index (Phi) is 11.0. The monoisotopic (exact) mass is 314 g/mol. The van der Waals surface area contributed by atoms with Crippen LogP contribution < -0.4 is 0 Å². The van der Waals surface area contributed by atoms with Gasteiger partial charge in [0.05, 0.1) is 26.1 Å². The number of halogens is 2. The highest BCUT2D eigenvalue weighted by Gasteiger charge is 2.08. The van der Waals surface area contributed by atoms with E-state index in [2.05, 4.69) is 0 Å². The molecule has 0 aliphatic rings. The first-order valence-corrected chi connectivity index (χ1v) is 6.96. The van der Waals surface area contributed by atoms with E-state index in [9.17, 15) is 9.59 Å². The highest BCUT2D eigenvalue weighted by atomic mass is 35.5. The second-order valence-electron chi connectivity index (χ2n) is 4.02. The summed E-state index contributed by atoms with van der Waals surface area (Å²) in [5.74, 6) is -0.706. The molecule has 0 bridgehead atoms. The van der Waals surface area contributed by atoms with Crippen molar-refractivity contribution in [2.75, 3.05) is 26.4 Å². The molecule has 0 spiro atoms. The topological polar surface area (TPSA) is 61.8 Å². The van der Waals surface area contributed by atoms with Gasteiger partial charge in [-0.05, 0) is 13.8 Å². The number of carbonyl (C=O) groups excluding carboxylic acids is 2. The van der Waals surface area contributed by atoms with Crippen molar-refractivity contribution in [1.82, 2.24) is 0 Å². The van der Waals surface area contributed by atoms with Crippen LogP contribution in [0.1, 0.15) is 26.7 Å². The minimum Gasteiger partial charge on any atom is -0.463 e. The molecule has 0 amide bonds. The molecule has 0 aliphatic carbocycles. The zero-order valence-electron chi connectivity index (χ0n) is 11.2. The Morgan fingerprint density at radius 1 is 0.842 bits per heavy atom. The van der Waals surface area contributed by atoms with E-state index < -0.39 is 0 Å². The standard InChI is InChI=1S/C12H20Cl2O5/c1-9(13)7-11(15)18-5-3-17-4-6-19-12(16)8-10(2)14/h9-10H,3-8H2,1-2H3. The lowest BCUT2D eigenvalue weighted by molar-refractivity contribution is -0.146. The molecule has 0 aromatic rings. The van der Waals surface area contributed by atoms with Crippen LogP contribution in [0.2, 0.25) is 0 Å². The largest absolute Gasteiger partial charge is 0.463 e. The molecule has 0 heterocycles. The van der Waals surface area contributed by atoms with E-state index in [1.807, 2.05) is 0 Å². The van der Waals surface area contributed by atoms with Crippen molar-refractivity contribution in [2.24, 2.45) is 0 Å². The Morgan fingerprint density at radius 3 is 1.53 bits per heavy atom. The Labute approximate surface area is 123 Å². The van der Waals surface area contributed by atoms with Crippen molar-refractivity contribution < 1.29 is 23.8 Å². The molecular weight excluding hydrogens is 295 g/mol. The SMILES string of the molecule is CC(Cl)CC(=O)OCCOCCOC(=O)CC(C)Cl. The van der Waals surface area contributed by atoms with Crippen molar-refractivity contribution in [2.45, 2.75) is 37.4 Å². The third kappa shape index (κ3) is 13.7. The first-order valence-electron chi connectivity index (χ1n) is 6.09. The molecule has 0 aromatic heterocycles. The van der Waals surface area contributed by atoms with E-state index in [1.165, 1.54) is 0 Å². The summed E-state index contributed by atoms with van der Waals surface area (Å²) >= 11 is 11.3. The molecule has 2 unspecified atom stereocenters. The fraction of sp³-hybridized carbons (Fsp3) is 0.833. The van der Waals surface area contributed by atoms with Gasteiger partial charge in [0.15, 0.2) is 0 Å². The number of carbonyl (C=O) groups is 2. The average Bonchev–Trinajstić information content (AvgIpc) is 2.25.